The number of carboxylic acid groups (broad SMARTS) is 1. The average molecular weight is 319 g/mol. The van der Waals surface area contributed by atoms with Gasteiger partial charge in [0.2, 0.25) is 0 Å². The van der Waals surface area contributed by atoms with Crippen LogP contribution in [0.2, 0.25) is 0 Å². The molecule has 2 aliphatic rings. The fraction of sp³-hybridized carbons (Fsp3) is 0.529. The Morgan fingerprint density at radius 3 is 2.57 bits per heavy atom. The van der Waals surface area contributed by atoms with Crippen molar-refractivity contribution in [2.24, 2.45) is 0 Å². The first kappa shape index (κ1) is 15.8. The van der Waals surface area contributed by atoms with E-state index in [9.17, 15) is 14.7 Å². The van der Waals surface area contributed by atoms with Crippen LogP contribution in [0, 0.1) is 0 Å². The van der Waals surface area contributed by atoms with Crippen LogP contribution in [-0.4, -0.2) is 54.3 Å². The summed E-state index contributed by atoms with van der Waals surface area (Å²) in [7, 11) is 1.46. The molecule has 2 fully saturated rings. The van der Waals surface area contributed by atoms with Crippen molar-refractivity contribution in [3.05, 3.63) is 29.3 Å². The molecule has 0 bridgehead atoms. The third-order valence-electron chi connectivity index (χ3n) is 4.69. The maximum Gasteiger partial charge on any atom is 0.335 e. The van der Waals surface area contributed by atoms with Crippen molar-refractivity contribution in [2.75, 3.05) is 26.8 Å². The molecule has 0 aromatic heterocycles. The zero-order valence-corrected chi connectivity index (χ0v) is 13.2. The van der Waals surface area contributed by atoms with Crippen molar-refractivity contribution in [1.29, 1.82) is 0 Å². The number of carboxylic acids is 1. The van der Waals surface area contributed by atoms with E-state index in [2.05, 4.69) is 0 Å². The van der Waals surface area contributed by atoms with Crippen molar-refractivity contribution < 1.29 is 24.2 Å². The zero-order valence-electron chi connectivity index (χ0n) is 13.2. The van der Waals surface area contributed by atoms with Crippen LogP contribution in [0.3, 0.4) is 0 Å². The van der Waals surface area contributed by atoms with E-state index in [1.165, 1.54) is 19.2 Å². The first-order valence-corrected chi connectivity index (χ1v) is 7.89. The molecule has 1 saturated heterocycles. The van der Waals surface area contributed by atoms with E-state index in [1.807, 2.05) is 0 Å². The topological polar surface area (TPSA) is 76.1 Å². The number of methoxy groups -OCH3 is 1. The molecular formula is C17H21NO5. The second-order valence-corrected chi connectivity index (χ2v) is 6.22. The van der Waals surface area contributed by atoms with E-state index in [0.717, 1.165) is 25.7 Å². The molecule has 1 saturated carbocycles. The molecule has 0 atom stereocenters. The molecule has 1 aromatic rings. The minimum atomic E-state index is -1.08. The number of carbonyl (C=O) groups is 2. The van der Waals surface area contributed by atoms with Crippen LogP contribution in [0.15, 0.2) is 18.2 Å². The van der Waals surface area contributed by atoms with E-state index in [-0.39, 0.29) is 17.1 Å². The summed E-state index contributed by atoms with van der Waals surface area (Å²) in [6, 6.07) is 4.41. The van der Waals surface area contributed by atoms with Gasteiger partial charge in [-0.1, -0.05) is 12.8 Å². The minimum Gasteiger partial charge on any atom is -0.497 e. The van der Waals surface area contributed by atoms with Gasteiger partial charge in [0.25, 0.3) is 5.91 Å². The first-order valence-electron chi connectivity index (χ1n) is 7.89. The summed E-state index contributed by atoms with van der Waals surface area (Å²) in [5.41, 5.74) is 0.191. The third kappa shape index (κ3) is 3.17. The molecule has 3 rings (SSSR count). The largest absolute Gasteiger partial charge is 0.497 e. The monoisotopic (exact) mass is 319 g/mol. The SMILES string of the molecule is COc1cc(C(=O)O)cc(C(=O)N2CCOC3(CCCC3)C2)c1. The van der Waals surface area contributed by atoms with Crippen LogP contribution in [0.5, 0.6) is 5.75 Å². The number of nitrogens with zero attached hydrogens (tertiary/aromatic N) is 1. The minimum absolute atomic E-state index is 0.0524. The Hall–Kier alpha value is -2.08. The lowest BCUT2D eigenvalue weighted by molar-refractivity contribution is -0.0948. The van der Waals surface area contributed by atoms with Gasteiger partial charge in [0.15, 0.2) is 0 Å². The molecule has 124 valence electrons. The van der Waals surface area contributed by atoms with Gasteiger partial charge in [-0.15, -0.1) is 0 Å². The quantitative estimate of drug-likeness (QED) is 0.924. The van der Waals surface area contributed by atoms with Crippen LogP contribution < -0.4 is 4.74 Å². The van der Waals surface area contributed by atoms with Crippen molar-refractivity contribution in [1.82, 2.24) is 4.90 Å². The number of benzene rings is 1. The number of hydrogen-bond acceptors (Lipinski definition) is 4. The average Bonchev–Trinajstić information content (AvgIpc) is 3.01. The summed E-state index contributed by atoms with van der Waals surface area (Å²) in [5, 5.41) is 9.19. The van der Waals surface area contributed by atoms with Gasteiger partial charge in [-0.25, -0.2) is 4.79 Å². The summed E-state index contributed by atoms with van der Waals surface area (Å²) >= 11 is 0. The number of morpholine rings is 1. The fourth-order valence-electron chi connectivity index (χ4n) is 3.49. The molecule has 1 aliphatic heterocycles. The van der Waals surface area contributed by atoms with Crippen molar-refractivity contribution >= 4 is 11.9 Å². The lowest BCUT2D eigenvalue weighted by atomic mass is 9.99. The van der Waals surface area contributed by atoms with E-state index < -0.39 is 5.97 Å². The van der Waals surface area contributed by atoms with Crippen LogP contribution in [0.25, 0.3) is 0 Å². The number of hydrogen-bond donors (Lipinski definition) is 1. The van der Waals surface area contributed by atoms with Gasteiger partial charge in [-0.05, 0) is 31.0 Å². The summed E-state index contributed by atoms with van der Waals surface area (Å²) in [5.74, 6) is -0.870. The molecule has 6 heteroatoms. The van der Waals surface area contributed by atoms with E-state index in [4.69, 9.17) is 9.47 Å². The maximum atomic E-state index is 12.8. The Labute approximate surface area is 135 Å². The number of ether oxygens (including phenoxy) is 2. The molecular weight excluding hydrogens is 298 g/mol. The highest BCUT2D eigenvalue weighted by Gasteiger charge is 2.40. The summed E-state index contributed by atoms with van der Waals surface area (Å²) < 4.78 is 11.1. The second kappa shape index (κ2) is 6.20. The molecule has 0 unspecified atom stereocenters. The van der Waals surface area contributed by atoms with Crippen LogP contribution >= 0.6 is 0 Å². The van der Waals surface area contributed by atoms with E-state index in [1.54, 1.807) is 11.0 Å². The van der Waals surface area contributed by atoms with E-state index >= 15 is 0 Å². The Morgan fingerprint density at radius 1 is 1.22 bits per heavy atom. The molecule has 6 nitrogen and oxygen atoms in total. The zero-order chi connectivity index (χ0) is 16.4. The highest BCUT2D eigenvalue weighted by molar-refractivity contribution is 5.98. The van der Waals surface area contributed by atoms with Gasteiger partial charge in [0.1, 0.15) is 5.75 Å². The predicted octanol–water partition coefficient (Wildman–Crippen LogP) is 2.18. The van der Waals surface area contributed by atoms with Gasteiger partial charge in [0.05, 0.1) is 31.4 Å². The highest BCUT2D eigenvalue weighted by Crippen LogP contribution is 2.36. The van der Waals surface area contributed by atoms with Gasteiger partial charge < -0.3 is 19.5 Å². The Morgan fingerprint density at radius 2 is 1.91 bits per heavy atom. The summed E-state index contributed by atoms with van der Waals surface area (Å²) in [6.45, 7) is 1.63. The van der Waals surface area contributed by atoms with Crippen molar-refractivity contribution in [3.63, 3.8) is 0 Å². The number of amides is 1. The predicted molar refractivity (Wildman–Crippen MR) is 83.0 cm³/mol. The van der Waals surface area contributed by atoms with Crippen LogP contribution in [0.1, 0.15) is 46.4 Å². The smallest absolute Gasteiger partial charge is 0.335 e. The van der Waals surface area contributed by atoms with Gasteiger partial charge in [0, 0.05) is 12.1 Å². The summed E-state index contributed by atoms with van der Waals surface area (Å²) in [4.78, 5) is 25.8. The number of carbonyl (C=O) groups excluding carboxylic acids is 1. The molecule has 23 heavy (non-hydrogen) atoms. The van der Waals surface area contributed by atoms with Crippen LogP contribution in [0.4, 0.5) is 0 Å². The van der Waals surface area contributed by atoms with Crippen LogP contribution in [-0.2, 0) is 4.74 Å². The lowest BCUT2D eigenvalue weighted by Gasteiger charge is -2.40. The second-order valence-electron chi connectivity index (χ2n) is 6.22. The number of rotatable bonds is 3. The normalized spacial score (nSPS) is 19.8. The molecule has 1 aliphatic carbocycles. The fourth-order valence-corrected chi connectivity index (χ4v) is 3.49. The molecule has 1 N–H and O–H groups in total. The van der Waals surface area contributed by atoms with Gasteiger partial charge >= 0.3 is 5.97 Å². The maximum absolute atomic E-state index is 12.8. The molecule has 1 spiro atoms. The van der Waals surface area contributed by atoms with Crippen molar-refractivity contribution in [3.8, 4) is 5.75 Å². The first-order chi connectivity index (χ1) is 11.0. The lowest BCUT2D eigenvalue weighted by Crippen LogP contribution is -2.52. The molecule has 1 heterocycles. The molecule has 0 radical (unpaired) electrons. The summed E-state index contributed by atoms with van der Waals surface area (Å²) in [6.07, 6.45) is 4.22. The standard InChI is InChI=1S/C17H21NO5/c1-22-14-9-12(8-13(10-14)16(20)21)15(19)18-6-7-23-17(11-18)4-2-3-5-17/h8-10H,2-7,11H2,1H3,(H,20,21). The third-order valence-corrected chi connectivity index (χ3v) is 4.69. The van der Waals surface area contributed by atoms with Crippen molar-refractivity contribution in [2.45, 2.75) is 31.3 Å². The number of aromatic carboxylic acids is 1. The Kier molecular flexibility index (Phi) is 4.26. The highest BCUT2D eigenvalue weighted by atomic mass is 16.5. The molecule has 1 aromatic carbocycles. The Bertz CT molecular complexity index is 621. The van der Waals surface area contributed by atoms with Gasteiger partial charge in [-0.2, -0.15) is 0 Å². The van der Waals surface area contributed by atoms with E-state index in [0.29, 0.717) is 31.0 Å². The molecule has 1 amide bonds. The Balaban J connectivity index is 1.84. The van der Waals surface area contributed by atoms with Gasteiger partial charge in [-0.3, -0.25) is 4.79 Å².